The zero-order chi connectivity index (χ0) is 28.7. The van der Waals surface area contributed by atoms with Crippen LogP contribution in [0.5, 0.6) is 0 Å². The van der Waals surface area contributed by atoms with Crippen LogP contribution in [-0.2, 0) is 58.3 Å². The van der Waals surface area contributed by atoms with E-state index in [0.717, 1.165) is 0 Å². The van der Waals surface area contributed by atoms with Crippen LogP contribution in [0.25, 0.3) is 0 Å². The molecule has 0 atom stereocenters. The molecule has 0 N–H and O–H groups in total. The van der Waals surface area contributed by atoms with Crippen LogP contribution in [0.2, 0.25) is 0 Å². The first-order chi connectivity index (χ1) is 15.6. The molecule has 0 fully saturated rings. The van der Waals surface area contributed by atoms with Crippen molar-refractivity contribution in [2.45, 2.75) is 157 Å². The summed E-state index contributed by atoms with van der Waals surface area (Å²) in [5.74, 6) is 0. The third-order valence-corrected chi connectivity index (χ3v) is 6.46. The second-order valence-corrected chi connectivity index (χ2v) is 16.8. The summed E-state index contributed by atoms with van der Waals surface area (Å²) >= 11 is 0. The van der Waals surface area contributed by atoms with Gasteiger partial charge < -0.3 is 0 Å². The Labute approximate surface area is 250 Å². The van der Waals surface area contributed by atoms with Gasteiger partial charge in [0.15, 0.2) is 0 Å². The Bertz CT molecular complexity index is 779. The zero-order valence-corrected chi connectivity index (χ0v) is 29.6. The minimum atomic E-state index is 0. The molecule has 207 valence electrons. The number of aromatic nitrogens is 2. The molecule has 0 unspecified atom stereocenters. The van der Waals surface area contributed by atoms with Crippen molar-refractivity contribution in [2.75, 3.05) is 0 Å². The van der Waals surface area contributed by atoms with Crippen molar-refractivity contribution in [3.05, 3.63) is 58.2 Å². The molecular weight excluding hydrogens is 481 g/mol. The Hall–Kier alpha value is -0.830. The Morgan fingerprint density at radius 1 is 0.324 bits per heavy atom. The molecular formula is C34H58N2Sc. The molecule has 0 amide bonds. The van der Waals surface area contributed by atoms with Crippen LogP contribution in [0.15, 0.2) is 24.3 Å². The van der Waals surface area contributed by atoms with E-state index in [1.165, 1.54) is 33.9 Å². The summed E-state index contributed by atoms with van der Waals surface area (Å²) in [4.78, 5) is 9.78. The van der Waals surface area contributed by atoms with Gasteiger partial charge in [0.05, 0.1) is 0 Å². The summed E-state index contributed by atoms with van der Waals surface area (Å²) in [5.41, 5.74) is 8.27. The first-order valence-electron chi connectivity index (χ1n) is 13.7. The van der Waals surface area contributed by atoms with Gasteiger partial charge in [0, 0.05) is 70.3 Å². The number of nitrogens with zero attached hydrogens (tertiary/aromatic N) is 2. The summed E-state index contributed by atoms with van der Waals surface area (Å²) in [6.45, 7) is 40.4. The van der Waals surface area contributed by atoms with E-state index in [1.54, 1.807) is 0 Å². The molecule has 0 saturated carbocycles. The first kappa shape index (κ1) is 36.2. The number of rotatable bonds is 0. The predicted molar refractivity (Wildman–Crippen MR) is 161 cm³/mol. The Morgan fingerprint density at radius 2 is 0.486 bits per heavy atom. The normalized spacial score (nSPS) is 13.5. The molecule has 0 spiro atoms. The predicted octanol–water partition coefficient (Wildman–Crippen LogP) is 9.95. The summed E-state index contributed by atoms with van der Waals surface area (Å²) in [5, 5.41) is 0. The SMILES string of the molecule is CC(C)(C)c1cc(C(C)(C)C)nc(C(C)(C)C)c1.CC(C)(C)c1cc(C(C)(C)C)nc(C(C)(C)C)c1.[Sc]. The Kier molecular flexibility index (Phi) is 11.5. The van der Waals surface area contributed by atoms with Crippen molar-refractivity contribution in [3.8, 4) is 0 Å². The van der Waals surface area contributed by atoms with Crippen LogP contribution in [0.1, 0.15) is 159 Å². The summed E-state index contributed by atoms with van der Waals surface area (Å²) in [6.07, 6.45) is 0. The maximum absolute atomic E-state index is 4.89. The molecule has 2 aromatic rings. The van der Waals surface area contributed by atoms with Gasteiger partial charge in [-0.2, -0.15) is 0 Å². The summed E-state index contributed by atoms with van der Waals surface area (Å²) < 4.78 is 0. The summed E-state index contributed by atoms with van der Waals surface area (Å²) in [7, 11) is 0. The van der Waals surface area contributed by atoms with Crippen molar-refractivity contribution >= 4 is 0 Å². The molecule has 0 aliphatic rings. The molecule has 37 heavy (non-hydrogen) atoms. The average Bonchev–Trinajstić information content (AvgIpc) is 2.63. The van der Waals surface area contributed by atoms with Gasteiger partial charge in [-0.25, -0.2) is 0 Å². The van der Waals surface area contributed by atoms with E-state index >= 15 is 0 Å². The molecule has 0 aliphatic heterocycles. The standard InChI is InChI=1S/2C17H29N.Sc/c2*1-15(2,3)12-10-13(16(4,5)6)18-14(11-12)17(7,8)9;/h2*10-11H,1-9H3;. The van der Waals surface area contributed by atoms with Gasteiger partial charge in [0.2, 0.25) is 0 Å². The largest absolute Gasteiger partial charge is 0.257 e. The van der Waals surface area contributed by atoms with Crippen LogP contribution in [0.3, 0.4) is 0 Å². The van der Waals surface area contributed by atoms with Gasteiger partial charge in [-0.05, 0) is 46.2 Å². The van der Waals surface area contributed by atoms with Crippen LogP contribution in [0.4, 0.5) is 0 Å². The maximum Gasteiger partial charge on any atom is 0.0463 e. The van der Waals surface area contributed by atoms with Gasteiger partial charge in [0.25, 0.3) is 0 Å². The molecule has 3 heteroatoms. The number of hydrogen-bond acceptors (Lipinski definition) is 2. The summed E-state index contributed by atoms with van der Waals surface area (Å²) in [6, 6.07) is 9.09. The van der Waals surface area contributed by atoms with E-state index in [2.05, 4.69) is 149 Å². The van der Waals surface area contributed by atoms with Crippen molar-refractivity contribution in [2.24, 2.45) is 0 Å². The quantitative estimate of drug-likeness (QED) is 0.333. The fraction of sp³-hybridized carbons (Fsp3) is 0.706. The molecule has 0 saturated heterocycles. The minimum absolute atomic E-state index is 0. The second-order valence-electron chi connectivity index (χ2n) is 16.8. The van der Waals surface area contributed by atoms with E-state index in [4.69, 9.17) is 9.97 Å². The minimum Gasteiger partial charge on any atom is -0.257 e. The van der Waals surface area contributed by atoms with E-state index < -0.39 is 0 Å². The molecule has 0 aromatic carbocycles. The molecule has 0 aliphatic carbocycles. The van der Waals surface area contributed by atoms with Crippen molar-refractivity contribution < 1.29 is 25.8 Å². The van der Waals surface area contributed by atoms with Crippen LogP contribution in [-0.4, -0.2) is 9.97 Å². The fourth-order valence-electron chi connectivity index (χ4n) is 3.46. The fourth-order valence-corrected chi connectivity index (χ4v) is 3.46. The molecule has 0 bridgehead atoms. The average molecular weight is 540 g/mol. The number of pyridine rings is 2. The smallest absolute Gasteiger partial charge is 0.0463 e. The molecule has 2 nitrogen and oxygen atoms in total. The maximum atomic E-state index is 4.89. The second kappa shape index (κ2) is 11.7. The Morgan fingerprint density at radius 3 is 0.595 bits per heavy atom. The third-order valence-electron chi connectivity index (χ3n) is 6.46. The molecule has 2 aromatic heterocycles. The van der Waals surface area contributed by atoms with Gasteiger partial charge in [-0.1, -0.05) is 125 Å². The monoisotopic (exact) mass is 539 g/mol. The van der Waals surface area contributed by atoms with E-state index in [9.17, 15) is 0 Å². The van der Waals surface area contributed by atoms with E-state index in [-0.39, 0.29) is 58.3 Å². The van der Waals surface area contributed by atoms with Crippen molar-refractivity contribution in [1.29, 1.82) is 0 Å². The zero-order valence-electron chi connectivity index (χ0n) is 27.8. The van der Waals surface area contributed by atoms with Gasteiger partial charge in [0.1, 0.15) is 0 Å². The molecule has 2 heterocycles. The first-order valence-corrected chi connectivity index (χ1v) is 13.7. The molecule has 1 radical (unpaired) electrons. The van der Waals surface area contributed by atoms with Gasteiger partial charge >= 0.3 is 0 Å². The van der Waals surface area contributed by atoms with Crippen LogP contribution >= 0.6 is 0 Å². The van der Waals surface area contributed by atoms with E-state index in [1.807, 2.05) is 0 Å². The van der Waals surface area contributed by atoms with Gasteiger partial charge in [-0.3, -0.25) is 9.97 Å². The third kappa shape index (κ3) is 11.1. The van der Waals surface area contributed by atoms with Gasteiger partial charge in [-0.15, -0.1) is 0 Å². The topological polar surface area (TPSA) is 25.8 Å². The van der Waals surface area contributed by atoms with Crippen molar-refractivity contribution in [3.63, 3.8) is 0 Å². The van der Waals surface area contributed by atoms with E-state index in [0.29, 0.717) is 0 Å². The van der Waals surface area contributed by atoms with Crippen LogP contribution < -0.4 is 0 Å². The number of hydrogen-bond donors (Lipinski definition) is 0. The van der Waals surface area contributed by atoms with Crippen molar-refractivity contribution in [1.82, 2.24) is 9.97 Å². The Balaban J connectivity index is 0.000000682. The van der Waals surface area contributed by atoms with Crippen LogP contribution in [0, 0.1) is 0 Å². The molecule has 2 rings (SSSR count).